The molecular formula is C12H21N5O2S. The van der Waals surface area contributed by atoms with E-state index in [1.54, 1.807) is 4.68 Å². The molecule has 1 aromatic heterocycles. The minimum absolute atomic E-state index is 0.00960. The molecule has 1 amide bonds. The Labute approximate surface area is 122 Å². The van der Waals surface area contributed by atoms with E-state index in [0.29, 0.717) is 29.9 Å². The van der Waals surface area contributed by atoms with Crippen LogP contribution < -0.4 is 5.32 Å². The fourth-order valence-electron chi connectivity index (χ4n) is 1.89. The summed E-state index contributed by atoms with van der Waals surface area (Å²) in [6.07, 6.45) is 2.32. The number of amides is 1. The van der Waals surface area contributed by atoms with Crippen molar-refractivity contribution >= 4 is 17.7 Å². The van der Waals surface area contributed by atoms with Crippen LogP contribution in [0.3, 0.4) is 0 Å². The Hall–Kier alpha value is -1.15. The summed E-state index contributed by atoms with van der Waals surface area (Å²) in [5, 5.41) is 15.1. The number of carbonyl (C=O) groups excluding carboxylic acids is 1. The van der Waals surface area contributed by atoms with E-state index >= 15 is 0 Å². The van der Waals surface area contributed by atoms with E-state index < -0.39 is 0 Å². The first-order valence-corrected chi connectivity index (χ1v) is 7.91. The first kappa shape index (κ1) is 15.2. The van der Waals surface area contributed by atoms with Crippen LogP contribution in [-0.2, 0) is 16.1 Å². The molecule has 0 saturated carbocycles. The Kier molecular flexibility index (Phi) is 5.78. The SMILES string of the molecule is CC(C)CNC(=O)CSc1nnnn1C[C@H]1CCCO1. The van der Waals surface area contributed by atoms with Crippen LogP contribution in [0.5, 0.6) is 0 Å². The van der Waals surface area contributed by atoms with E-state index in [9.17, 15) is 4.79 Å². The number of thioether (sulfide) groups is 1. The molecule has 0 unspecified atom stereocenters. The third-order valence-electron chi connectivity index (χ3n) is 2.94. The maximum Gasteiger partial charge on any atom is 0.230 e. The highest BCUT2D eigenvalue weighted by Gasteiger charge is 2.19. The van der Waals surface area contributed by atoms with Crippen LogP contribution in [0.15, 0.2) is 5.16 Å². The van der Waals surface area contributed by atoms with Crippen molar-refractivity contribution < 1.29 is 9.53 Å². The highest BCUT2D eigenvalue weighted by Crippen LogP contribution is 2.18. The topological polar surface area (TPSA) is 81.9 Å². The van der Waals surface area contributed by atoms with Crippen LogP contribution in [0.25, 0.3) is 0 Å². The van der Waals surface area contributed by atoms with Gasteiger partial charge in [0.05, 0.1) is 18.4 Å². The summed E-state index contributed by atoms with van der Waals surface area (Å²) in [5.41, 5.74) is 0. The molecule has 20 heavy (non-hydrogen) atoms. The van der Waals surface area contributed by atoms with Gasteiger partial charge in [0.15, 0.2) is 0 Å². The number of tetrazole rings is 1. The summed E-state index contributed by atoms with van der Waals surface area (Å²) >= 11 is 1.36. The van der Waals surface area contributed by atoms with Gasteiger partial charge in [0.1, 0.15) is 0 Å². The standard InChI is InChI=1S/C12H21N5O2S/c1-9(2)6-13-11(18)8-20-12-14-15-16-17(12)7-10-4-3-5-19-10/h9-10H,3-8H2,1-2H3,(H,13,18)/t10-/m1/s1. The number of rotatable bonds is 7. The van der Waals surface area contributed by atoms with Crippen molar-refractivity contribution in [2.75, 3.05) is 18.9 Å². The molecule has 0 bridgehead atoms. The molecular weight excluding hydrogens is 278 g/mol. The van der Waals surface area contributed by atoms with E-state index in [4.69, 9.17) is 4.74 Å². The normalized spacial score (nSPS) is 18.6. The van der Waals surface area contributed by atoms with Gasteiger partial charge in [-0.25, -0.2) is 4.68 Å². The highest BCUT2D eigenvalue weighted by molar-refractivity contribution is 7.99. The molecule has 0 spiro atoms. The fourth-order valence-corrected chi connectivity index (χ4v) is 2.61. The molecule has 1 aliphatic heterocycles. The molecule has 8 heteroatoms. The minimum Gasteiger partial charge on any atom is -0.376 e. The summed E-state index contributed by atoms with van der Waals surface area (Å²) in [7, 11) is 0. The largest absolute Gasteiger partial charge is 0.376 e. The van der Waals surface area contributed by atoms with Gasteiger partial charge in [-0.2, -0.15) is 0 Å². The lowest BCUT2D eigenvalue weighted by Gasteiger charge is -2.10. The van der Waals surface area contributed by atoms with Gasteiger partial charge in [-0.1, -0.05) is 25.6 Å². The summed E-state index contributed by atoms with van der Waals surface area (Å²) in [6, 6.07) is 0. The molecule has 1 aliphatic rings. The van der Waals surface area contributed by atoms with Crippen LogP contribution in [0.2, 0.25) is 0 Å². The van der Waals surface area contributed by atoms with E-state index in [-0.39, 0.29) is 12.0 Å². The summed E-state index contributed by atoms with van der Waals surface area (Å²) < 4.78 is 7.29. The average Bonchev–Trinajstić information content (AvgIpc) is 3.06. The summed E-state index contributed by atoms with van der Waals surface area (Å²) in [6.45, 7) is 6.29. The molecule has 7 nitrogen and oxygen atoms in total. The Bertz CT molecular complexity index is 431. The van der Waals surface area contributed by atoms with Gasteiger partial charge in [-0.3, -0.25) is 4.79 Å². The molecule has 2 heterocycles. The van der Waals surface area contributed by atoms with Crippen molar-refractivity contribution in [1.82, 2.24) is 25.5 Å². The number of aromatic nitrogens is 4. The first-order valence-electron chi connectivity index (χ1n) is 6.92. The summed E-state index contributed by atoms with van der Waals surface area (Å²) in [4.78, 5) is 11.7. The smallest absolute Gasteiger partial charge is 0.230 e. The number of nitrogens with zero attached hydrogens (tertiary/aromatic N) is 4. The molecule has 112 valence electrons. The molecule has 1 saturated heterocycles. The summed E-state index contributed by atoms with van der Waals surface area (Å²) in [5.74, 6) is 0.794. The van der Waals surface area contributed by atoms with E-state index in [1.807, 2.05) is 0 Å². The predicted octanol–water partition coefficient (Wildman–Crippen LogP) is 0.716. The quantitative estimate of drug-likeness (QED) is 0.747. The second kappa shape index (κ2) is 7.58. The fraction of sp³-hybridized carbons (Fsp3) is 0.833. The van der Waals surface area contributed by atoms with Crippen LogP contribution in [0.4, 0.5) is 0 Å². The van der Waals surface area contributed by atoms with Crippen LogP contribution in [-0.4, -0.2) is 51.1 Å². The zero-order valence-electron chi connectivity index (χ0n) is 11.9. The Morgan fingerprint density at radius 2 is 2.45 bits per heavy atom. The zero-order chi connectivity index (χ0) is 14.4. The van der Waals surface area contributed by atoms with Gasteiger partial charge in [-0.15, -0.1) is 5.10 Å². The van der Waals surface area contributed by atoms with E-state index in [2.05, 4.69) is 34.7 Å². The van der Waals surface area contributed by atoms with Crippen LogP contribution in [0, 0.1) is 5.92 Å². The zero-order valence-corrected chi connectivity index (χ0v) is 12.7. The maximum absolute atomic E-state index is 11.7. The van der Waals surface area contributed by atoms with Gasteiger partial charge < -0.3 is 10.1 Å². The second-order valence-corrected chi connectivity index (χ2v) is 6.21. The Morgan fingerprint density at radius 1 is 1.60 bits per heavy atom. The molecule has 1 fully saturated rings. The van der Waals surface area contributed by atoms with Crippen molar-refractivity contribution in [3.05, 3.63) is 0 Å². The molecule has 2 rings (SSSR count). The lowest BCUT2D eigenvalue weighted by Crippen LogP contribution is -2.29. The number of hydrogen-bond acceptors (Lipinski definition) is 6. The maximum atomic E-state index is 11.7. The molecule has 0 aliphatic carbocycles. The van der Waals surface area contributed by atoms with Crippen molar-refractivity contribution in [2.24, 2.45) is 5.92 Å². The number of nitrogens with one attached hydrogen (secondary N) is 1. The van der Waals surface area contributed by atoms with Crippen LogP contribution in [0.1, 0.15) is 26.7 Å². The minimum atomic E-state index is 0.00960. The van der Waals surface area contributed by atoms with Gasteiger partial charge in [0.2, 0.25) is 11.1 Å². The van der Waals surface area contributed by atoms with E-state index in [0.717, 1.165) is 19.4 Å². The van der Waals surface area contributed by atoms with Gasteiger partial charge in [-0.05, 0) is 29.2 Å². The third kappa shape index (κ3) is 4.75. The van der Waals surface area contributed by atoms with Crippen molar-refractivity contribution in [3.63, 3.8) is 0 Å². The number of carbonyl (C=O) groups is 1. The molecule has 0 radical (unpaired) electrons. The lowest BCUT2D eigenvalue weighted by molar-refractivity contribution is -0.118. The Balaban J connectivity index is 1.78. The molecule has 1 N–H and O–H groups in total. The van der Waals surface area contributed by atoms with Gasteiger partial charge >= 0.3 is 0 Å². The monoisotopic (exact) mass is 299 g/mol. The third-order valence-corrected chi connectivity index (χ3v) is 3.90. The predicted molar refractivity (Wildman–Crippen MR) is 75.4 cm³/mol. The lowest BCUT2D eigenvalue weighted by atomic mass is 10.2. The molecule has 0 aromatic carbocycles. The Morgan fingerprint density at radius 3 is 3.15 bits per heavy atom. The molecule has 1 aromatic rings. The average molecular weight is 299 g/mol. The van der Waals surface area contributed by atoms with E-state index in [1.165, 1.54) is 11.8 Å². The van der Waals surface area contributed by atoms with Crippen molar-refractivity contribution in [3.8, 4) is 0 Å². The second-order valence-electron chi connectivity index (χ2n) is 5.27. The van der Waals surface area contributed by atoms with Crippen LogP contribution >= 0.6 is 11.8 Å². The number of ether oxygens (including phenoxy) is 1. The molecule has 1 atom stereocenters. The van der Waals surface area contributed by atoms with Gasteiger partial charge in [0, 0.05) is 13.2 Å². The number of hydrogen-bond donors (Lipinski definition) is 1. The van der Waals surface area contributed by atoms with Gasteiger partial charge in [0.25, 0.3) is 0 Å². The van der Waals surface area contributed by atoms with Crippen molar-refractivity contribution in [2.45, 2.75) is 44.5 Å². The highest BCUT2D eigenvalue weighted by atomic mass is 32.2. The first-order chi connectivity index (χ1) is 9.65. The van der Waals surface area contributed by atoms with Crippen molar-refractivity contribution in [1.29, 1.82) is 0 Å².